The zero-order chi connectivity index (χ0) is 14.5. The number of hydrogen-bond donors (Lipinski definition) is 1. The quantitative estimate of drug-likeness (QED) is 0.535. The van der Waals surface area contributed by atoms with Gasteiger partial charge in [-0.15, -0.1) is 0 Å². The fraction of sp³-hybridized carbons (Fsp3) is 0.143. The van der Waals surface area contributed by atoms with Gasteiger partial charge in [0.15, 0.2) is 6.20 Å². The van der Waals surface area contributed by atoms with Crippen molar-refractivity contribution in [2.45, 2.75) is 17.2 Å². The largest absolute Gasteiger partial charge is 0.618 e. The average molecular weight is 292 g/mol. The lowest BCUT2D eigenvalue weighted by Gasteiger charge is -2.11. The van der Waals surface area contributed by atoms with Crippen LogP contribution < -0.4 is 10.0 Å². The lowest BCUT2D eigenvalue weighted by Crippen LogP contribution is -2.30. The number of thioether (sulfide) groups is 1. The molecule has 4 nitrogen and oxygen atoms in total. The van der Waals surface area contributed by atoms with E-state index in [4.69, 9.17) is 0 Å². The Morgan fingerprint density at radius 2 is 2.00 bits per heavy atom. The van der Waals surface area contributed by atoms with Crippen molar-refractivity contribution in [3.05, 3.63) is 59.7 Å². The predicted molar refractivity (Wildman–Crippen MR) is 75.8 cm³/mol. The van der Waals surface area contributed by atoms with E-state index >= 15 is 0 Å². The molecule has 0 saturated carbocycles. The highest BCUT2D eigenvalue weighted by molar-refractivity contribution is 8.00. The second-order valence-corrected chi connectivity index (χ2v) is 5.48. The van der Waals surface area contributed by atoms with E-state index in [1.165, 1.54) is 42.2 Å². The first-order chi connectivity index (χ1) is 9.56. The molecule has 20 heavy (non-hydrogen) atoms. The van der Waals surface area contributed by atoms with Crippen LogP contribution in [-0.2, 0) is 4.79 Å². The highest BCUT2D eigenvalue weighted by atomic mass is 32.2. The van der Waals surface area contributed by atoms with E-state index in [1.54, 1.807) is 25.1 Å². The number of amides is 1. The van der Waals surface area contributed by atoms with E-state index in [0.717, 1.165) is 0 Å². The number of nitrogens with one attached hydrogen (secondary N) is 1. The minimum absolute atomic E-state index is 0.245. The fourth-order valence-corrected chi connectivity index (χ4v) is 2.37. The van der Waals surface area contributed by atoms with Gasteiger partial charge in [-0.25, -0.2) is 4.39 Å². The molecule has 0 unspecified atom stereocenters. The van der Waals surface area contributed by atoms with Crippen LogP contribution >= 0.6 is 11.8 Å². The molecule has 2 rings (SSSR count). The van der Waals surface area contributed by atoms with Crippen molar-refractivity contribution in [3.8, 4) is 0 Å². The van der Waals surface area contributed by atoms with Gasteiger partial charge in [-0.3, -0.25) is 4.79 Å². The first-order valence-corrected chi connectivity index (χ1v) is 6.85. The van der Waals surface area contributed by atoms with Crippen molar-refractivity contribution >= 4 is 23.4 Å². The third-order valence-corrected chi connectivity index (χ3v) is 3.69. The van der Waals surface area contributed by atoms with E-state index in [2.05, 4.69) is 5.32 Å². The third kappa shape index (κ3) is 3.71. The van der Waals surface area contributed by atoms with E-state index in [1.807, 2.05) is 0 Å². The molecule has 1 heterocycles. The number of anilines is 1. The average Bonchev–Trinajstić information content (AvgIpc) is 2.44. The van der Waals surface area contributed by atoms with Gasteiger partial charge in [0.2, 0.25) is 5.91 Å². The number of pyridine rings is 1. The van der Waals surface area contributed by atoms with Crippen molar-refractivity contribution in [2.24, 2.45) is 0 Å². The SMILES string of the molecule is C[C@@H](Sc1cccc[n+]1[O-])C(=O)Nc1ccc(F)cc1. The Labute approximate surface area is 120 Å². The van der Waals surface area contributed by atoms with Crippen LogP contribution in [0.3, 0.4) is 0 Å². The molecule has 1 aromatic heterocycles. The summed E-state index contributed by atoms with van der Waals surface area (Å²) in [6.45, 7) is 1.70. The van der Waals surface area contributed by atoms with E-state index in [-0.39, 0.29) is 11.7 Å². The summed E-state index contributed by atoms with van der Waals surface area (Å²) in [6, 6.07) is 10.5. The molecule has 1 amide bonds. The Kier molecular flexibility index (Phi) is 4.57. The molecular formula is C14H13FN2O2S. The summed E-state index contributed by atoms with van der Waals surface area (Å²) in [5.41, 5.74) is 0.520. The van der Waals surface area contributed by atoms with Crippen molar-refractivity contribution in [1.29, 1.82) is 0 Å². The molecule has 6 heteroatoms. The van der Waals surface area contributed by atoms with Crippen LogP contribution in [0.1, 0.15) is 6.92 Å². The molecule has 0 aliphatic rings. The van der Waals surface area contributed by atoms with Gasteiger partial charge in [-0.2, -0.15) is 4.73 Å². The number of hydrogen-bond acceptors (Lipinski definition) is 3. The van der Waals surface area contributed by atoms with Crippen molar-refractivity contribution in [3.63, 3.8) is 0 Å². The number of carbonyl (C=O) groups is 1. The lowest BCUT2D eigenvalue weighted by molar-refractivity contribution is -0.645. The van der Waals surface area contributed by atoms with E-state index in [9.17, 15) is 14.4 Å². The van der Waals surface area contributed by atoms with Gasteiger partial charge in [0.1, 0.15) is 5.82 Å². The molecule has 1 N–H and O–H groups in total. The molecule has 2 aromatic rings. The van der Waals surface area contributed by atoms with Crippen molar-refractivity contribution < 1.29 is 13.9 Å². The topological polar surface area (TPSA) is 56.0 Å². The lowest BCUT2D eigenvalue weighted by atomic mass is 10.3. The molecule has 0 spiro atoms. The minimum atomic E-state index is -0.442. The Balaban J connectivity index is 1.99. The second kappa shape index (κ2) is 6.38. The number of carbonyl (C=O) groups excluding carboxylic acids is 1. The summed E-state index contributed by atoms with van der Waals surface area (Å²) in [6.07, 6.45) is 1.38. The molecule has 0 aliphatic heterocycles. The molecule has 0 aliphatic carbocycles. The summed E-state index contributed by atoms with van der Waals surface area (Å²) >= 11 is 1.17. The van der Waals surface area contributed by atoms with Crippen LogP contribution in [0.2, 0.25) is 0 Å². The first kappa shape index (κ1) is 14.3. The monoisotopic (exact) mass is 292 g/mol. The molecule has 0 bridgehead atoms. The van der Waals surface area contributed by atoms with Gasteiger partial charge in [-0.1, -0.05) is 0 Å². The molecular weight excluding hydrogens is 279 g/mol. The fourth-order valence-electron chi connectivity index (χ4n) is 1.52. The van der Waals surface area contributed by atoms with Crippen LogP contribution in [0, 0.1) is 11.0 Å². The van der Waals surface area contributed by atoms with Crippen molar-refractivity contribution in [2.75, 3.05) is 5.32 Å². The summed E-state index contributed by atoms with van der Waals surface area (Å²) in [5, 5.41) is 14.2. The number of halogens is 1. The summed E-state index contributed by atoms with van der Waals surface area (Å²) in [7, 11) is 0. The van der Waals surface area contributed by atoms with E-state index in [0.29, 0.717) is 15.4 Å². The Bertz CT molecular complexity index is 604. The predicted octanol–water partition coefficient (Wildman–Crippen LogP) is 2.58. The van der Waals surface area contributed by atoms with Gasteiger partial charge in [0, 0.05) is 17.8 Å². The summed E-state index contributed by atoms with van der Waals surface area (Å²) < 4.78 is 13.5. The van der Waals surface area contributed by atoms with Crippen LogP contribution in [-0.4, -0.2) is 11.2 Å². The molecule has 0 saturated heterocycles. The van der Waals surface area contributed by atoms with Crippen molar-refractivity contribution in [1.82, 2.24) is 0 Å². The maximum atomic E-state index is 12.8. The van der Waals surface area contributed by atoms with Gasteiger partial charge in [0.25, 0.3) is 5.03 Å². The van der Waals surface area contributed by atoms with Gasteiger partial charge < -0.3 is 10.5 Å². The maximum absolute atomic E-state index is 12.8. The minimum Gasteiger partial charge on any atom is -0.618 e. The van der Waals surface area contributed by atoms with E-state index < -0.39 is 5.25 Å². The van der Waals surface area contributed by atoms with Crippen LogP contribution in [0.25, 0.3) is 0 Å². The standard InChI is InChI=1S/C14H13FN2O2S/c1-10(20-13-4-2-3-9-17(13)19)14(18)16-12-7-5-11(15)6-8-12/h2-10H,1H3,(H,16,18)/t10-/m1/s1. The first-order valence-electron chi connectivity index (χ1n) is 5.97. The molecule has 0 radical (unpaired) electrons. The van der Waals surface area contributed by atoms with Crippen LogP contribution in [0.5, 0.6) is 0 Å². The Morgan fingerprint density at radius 1 is 1.30 bits per heavy atom. The number of nitrogens with zero attached hydrogens (tertiary/aromatic N) is 1. The van der Waals surface area contributed by atoms with Gasteiger partial charge >= 0.3 is 0 Å². The Hall–Kier alpha value is -2.08. The zero-order valence-electron chi connectivity index (χ0n) is 10.7. The molecule has 1 aromatic carbocycles. The smallest absolute Gasteiger partial charge is 0.252 e. The number of aromatic nitrogens is 1. The molecule has 0 fully saturated rings. The zero-order valence-corrected chi connectivity index (χ0v) is 11.6. The normalized spacial score (nSPS) is 11.9. The van der Waals surface area contributed by atoms with Gasteiger partial charge in [-0.05, 0) is 49.0 Å². The number of rotatable bonds is 4. The highest BCUT2D eigenvalue weighted by Crippen LogP contribution is 2.20. The van der Waals surface area contributed by atoms with Crippen LogP contribution in [0.15, 0.2) is 53.7 Å². The number of benzene rings is 1. The summed E-state index contributed by atoms with van der Waals surface area (Å²) in [5.74, 6) is -0.604. The molecule has 104 valence electrons. The van der Waals surface area contributed by atoms with Crippen LogP contribution in [0.4, 0.5) is 10.1 Å². The Morgan fingerprint density at radius 3 is 2.65 bits per heavy atom. The van der Waals surface area contributed by atoms with Gasteiger partial charge in [0.05, 0.1) is 5.25 Å². The highest BCUT2D eigenvalue weighted by Gasteiger charge is 2.18. The molecule has 1 atom stereocenters. The summed E-state index contributed by atoms with van der Waals surface area (Å²) in [4.78, 5) is 12.0. The maximum Gasteiger partial charge on any atom is 0.252 e. The second-order valence-electron chi connectivity index (χ2n) is 4.12. The third-order valence-electron chi connectivity index (χ3n) is 2.57.